The molecule has 1 aliphatic heterocycles. The lowest BCUT2D eigenvalue weighted by Crippen LogP contribution is -2.28. The summed E-state index contributed by atoms with van der Waals surface area (Å²) in [7, 11) is 0. The predicted octanol–water partition coefficient (Wildman–Crippen LogP) is -0.0825. The molecule has 6 heteroatoms. The molecule has 1 fully saturated rings. The molecule has 1 saturated heterocycles. The van der Waals surface area contributed by atoms with Crippen LogP contribution in [-0.4, -0.2) is 40.2 Å². The lowest BCUT2D eigenvalue weighted by Gasteiger charge is -2.12. The molecule has 0 atom stereocenters. The van der Waals surface area contributed by atoms with E-state index in [4.69, 9.17) is 10.5 Å². The minimum atomic E-state index is -0.247. The Kier molecular flexibility index (Phi) is 2.26. The molecule has 1 aromatic rings. The quantitative estimate of drug-likeness (QED) is 0.733. The molecule has 1 amide bonds. The zero-order valence-electron chi connectivity index (χ0n) is 7.72. The first-order valence-electron chi connectivity index (χ1n) is 4.45. The number of amides is 1. The third-order valence-corrected chi connectivity index (χ3v) is 2.20. The maximum Gasteiger partial charge on any atom is 0.410 e. The Morgan fingerprint density at radius 3 is 3.00 bits per heavy atom. The highest BCUT2D eigenvalue weighted by atomic mass is 16.6. The first kappa shape index (κ1) is 8.86. The van der Waals surface area contributed by atoms with Crippen LogP contribution < -0.4 is 5.73 Å². The molecule has 0 saturated carbocycles. The minimum Gasteiger partial charge on any atom is -0.448 e. The monoisotopic (exact) mass is 196 g/mol. The van der Waals surface area contributed by atoms with Crippen molar-refractivity contribution < 1.29 is 9.53 Å². The number of nitrogens with zero attached hydrogens (tertiary/aromatic N) is 3. The highest BCUT2D eigenvalue weighted by molar-refractivity contribution is 5.69. The summed E-state index contributed by atoms with van der Waals surface area (Å²) >= 11 is 0. The lowest BCUT2D eigenvalue weighted by molar-refractivity contribution is 0.157. The molecule has 2 N–H and O–H groups in total. The highest BCUT2D eigenvalue weighted by Gasteiger charge is 2.21. The van der Waals surface area contributed by atoms with Gasteiger partial charge < -0.3 is 19.9 Å². The van der Waals surface area contributed by atoms with Gasteiger partial charge in [-0.25, -0.2) is 9.78 Å². The molecule has 1 aromatic heterocycles. The van der Waals surface area contributed by atoms with Crippen molar-refractivity contribution in [3.05, 3.63) is 12.4 Å². The van der Waals surface area contributed by atoms with Crippen LogP contribution in [0.1, 0.15) is 0 Å². The Labute approximate surface area is 81.3 Å². The van der Waals surface area contributed by atoms with E-state index < -0.39 is 0 Å². The number of nitrogen functional groups attached to an aromatic ring is 1. The van der Waals surface area contributed by atoms with Crippen molar-refractivity contribution in [2.45, 2.75) is 6.54 Å². The number of hydrogen-bond donors (Lipinski definition) is 1. The van der Waals surface area contributed by atoms with E-state index in [1.165, 1.54) is 0 Å². The Hall–Kier alpha value is -1.72. The maximum atomic E-state index is 11.1. The first-order valence-corrected chi connectivity index (χ1v) is 4.45. The van der Waals surface area contributed by atoms with Crippen molar-refractivity contribution in [1.82, 2.24) is 14.5 Å². The minimum absolute atomic E-state index is 0.247. The molecule has 14 heavy (non-hydrogen) atoms. The molecule has 1 aliphatic rings. The topological polar surface area (TPSA) is 73.4 Å². The SMILES string of the molecule is Nc1nccn1CCN1CCOC1=O. The molecule has 0 unspecified atom stereocenters. The highest BCUT2D eigenvalue weighted by Crippen LogP contribution is 2.04. The van der Waals surface area contributed by atoms with Gasteiger partial charge in [-0.2, -0.15) is 0 Å². The Balaban J connectivity index is 1.88. The second-order valence-electron chi connectivity index (χ2n) is 3.08. The van der Waals surface area contributed by atoms with E-state index >= 15 is 0 Å². The van der Waals surface area contributed by atoms with Gasteiger partial charge in [-0.3, -0.25) is 0 Å². The van der Waals surface area contributed by atoms with E-state index in [-0.39, 0.29) is 6.09 Å². The second kappa shape index (κ2) is 3.57. The summed E-state index contributed by atoms with van der Waals surface area (Å²) in [5.41, 5.74) is 5.58. The van der Waals surface area contributed by atoms with Gasteiger partial charge in [0.1, 0.15) is 6.61 Å². The van der Waals surface area contributed by atoms with Gasteiger partial charge in [0, 0.05) is 25.5 Å². The van der Waals surface area contributed by atoms with Crippen LogP contribution in [0.3, 0.4) is 0 Å². The summed E-state index contributed by atoms with van der Waals surface area (Å²) in [4.78, 5) is 16.6. The molecule has 6 nitrogen and oxygen atoms in total. The summed E-state index contributed by atoms with van der Waals surface area (Å²) in [5.74, 6) is 0.470. The van der Waals surface area contributed by atoms with Crippen LogP contribution in [0.4, 0.5) is 10.7 Å². The third-order valence-electron chi connectivity index (χ3n) is 2.20. The fraction of sp³-hybridized carbons (Fsp3) is 0.500. The molecular formula is C8H12N4O2. The number of ether oxygens (including phenoxy) is 1. The largest absolute Gasteiger partial charge is 0.448 e. The van der Waals surface area contributed by atoms with E-state index in [1.54, 1.807) is 21.9 Å². The Bertz CT molecular complexity index is 336. The number of carbonyl (C=O) groups excluding carboxylic acids is 1. The van der Waals surface area contributed by atoms with Crippen molar-refractivity contribution in [1.29, 1.82) is 0 Å². The molecule has 0 spiro atoms. The van der Waals surface area contributed by atoms with Crippen LogP contribution in [0.2, 0.25) is 0 Å². The fourth-order valence-electron chi connectivity index (χ4n) is 1.39. The molecule has 2 heterocycles. The maximum absolute atomic E-state index is 11.1. The number of imidazole rings is 1. The van der Waals surface area contributed by atoms with Crippen LogP contribution in [0, 0.1) is 0 Å². The van der Waals surface area contributed by atoms with Gasteiger partial charge in [0.05, 0.1) is 6.54 Å². The van der Waals surface area contributed by atoms with Crippen molar-refractivity contribution in [3.8, 4) is 0 Å². The molecular weight excluding hydrogens is 184 g/mol. The van der Waals surface area contributed by atoms with Crippen LogP contribution in [0.25, 0.3) is 0 Å². The van der Waals surface area contributed by atoms with Gasteiger partial charge in [-0.05, 0) is 0 Å². The number of carbonyl (C=O) groups is 1. The van der Waals surface area contributed by atoms with E-state index in [0.29, 0.717) is 32.2 Å². The van der Waals surface area contributed by atoms with Gasteiger partial charge in [0.2, 0.25) is 0 Å². The van der Waals surface area contributed by atoms with Crippen LogP contribution in [0.15, 0.2) is 12.4 Å². The molecule has 0 aliphatic carbocycles. The average Bonchev–Trinajstić information content (AvgIpc) is 2.72. The zero-order chi connectivity index (χ0) is 9.97. The van der Waals surface area contributed by atoms with Crippen molar-refractivity contribution >= 4 is 12.0 Å². The summed E-state index contributed by atoms with van der Waals surface area (Å²) in [6.45, 7) is 2.41. The van der Waals surface area contributed by atoms with Crippen molar-refractivity contribution in [3.63, 3.8) is 0 Å². The number of hydrogen-bond acceptors (Lipinski definition) is 4. The van der Waals surface area contributed by atoms with Crippen LogP contribution >= 0.6 is 0 Å². The van der Waals surface area contributed by atoms with Gasteiger partial charge in [-0.15, -0.1) is 0 Å². The smallest absolute Gasteiger partial charge is 0.410 e. The third kappa shape index (κ3) is 1.63. The fourth-order valence-corrected chi connectivity index (χ4v) is 1.39. The number of anilines is 1. The second-order valence-corrected chi connectivity index (χ2v) is 3.08. The van der Waals surface area contributed by atoms with Gasteiger partial charge in [-0.1, -0.05) is 0 Å². The van der Waals surface area contributed by atoms with Gasteiger partial charge in [0.15, 0.2) is 5.95 Å². The van der Waals surface area contributed by atoms with E-state index in [1.807, 2.05) is 0 Å². The van der Waals surface area contributed by atoms with E-state index in [9.17, 15) is 4.79 Å². The normalized spacial score (nSPS) is 16.0. The molecule has 0 bridgehead atoms. The van der Waals surface area contributed by atoms with E-state index in [2.05, 4.69) is 4.98 Å². The van der Waals surface area contributed by atoms with E-state index in [0.717, 1.165) is 0 Å². The predicted molar refractivity (Wildman–Crippen MR) is 49.6 cm³/mol. The number of aromatic nitrogens is 2. The van der Waals surface area contributed by atoms with Crippen molar-refractivity contribution in [2.24, 2.45) is 0 Å². The summed E-state index contributed by atoms with van der Waals surface area (Å²) in [6, 6.07) is 0. The molecule has 0 radical (unpaired) electrons. The summed E-state index contributed by atoms with van der Waals surface area (Å²) in [6.07, 6.45) is 3.18. The van der Waals surface area contributed by atoms with Gasteiger partial charge in [0.25, 0.3) is 0 Å². The summed E-state index contributed by atoms with van der Waals surface area (Å²) < 4.78 is 6.59. The van der Waals surface area contributed by atoms with Gasteiger partial charge >= 0.3 is 6.09 Å². The first-order chi connectivity index (χ1) is 6.77. The van der Waals surface area contributed by atoms with Crippen LogP contribution in [0.5, 0.6) is 0 Å². The number of nitrogens with two attached hydrogens (primary N) is 1. The number of cyclic esters (lactones) is 1. The summed E-state index contributed by atoms with van der Waals surface area (Å²) in [5, 5.41) is 0. The standard InChI is InChI=1S/C8H12N4O2/c9-7-10-1-2-11(7)3-4-12-5-6-14-8(12)13/h1-2H,3-6H2,(H2,9,10). The molecule has 76 valence electrons. The Morgan fingerprint density at radius 1 is 1.57 bits per heavy atom. The van der Waals surface area contributed by atoms with Crippen molar-refractivity contribution in [2.75, 3.05) is 25.4 Å². The Morgan fingerprint density at radius 2 is 2.43 bits per heavy atom. The zero-order valence-corrected chi connectivity index (χ0v) is 7.72. The van der Waals surface area contributed by atoms with Crippen LogP contribution in [-0.2, 0) is 11.3 Å². The average molecular weight is 196 g/mol. The lowest BCUT2D eigenvalue weighted by atomic mass is 10.5. The molecule has 2 rings (SSSR count). The molecule has 0 aromatic carbocycles. The number of rotatable bonds is 3.